The number of hydrogen-bond acceptors (Lipinski definition) is 3. The SMILES string of the molecule is O=C(OCc1ccccc1)N1CC(I)C1=O. The molecule has 1 aromatic carbocycles. The van der Waals surface area contributed by atoms with Crippen molar-refractivity contribution in [3.8, 4) is 0 Å². The molecule has 0 aromatic heterocycles. The van der Waals surface area contributed by atoms with Gasteiger partial charge in [0.15, 0.2) is 0 Å². The largest absolute Gasteiger partial charge is 0.444 e. The van der Waals surface area contributed by atoms with Crippen molar-refractivity contribution in [2.45, 2.75) is 10.5 Å². The van der Waals surface area contributed by atoms with Crippen LogP contribution in [-0.2, 0) is 16.1 Å². The van der Waals surface area contributed by atoms with Gasteiger partial charge in [-0.15, -0.1) is 0 Å². The van der Waals surface area contributed by atoms with Crippen molar-refractivity contribution >= 4 is 34.6 Å². The summed E-state index contributed by atoms with van der Waals surface area (Å²) in [7, 11) is 0. The topological polar surface area (TPSA) is 46.6 Å². The molecular weight excluding hydrogens is 321 g/mol. The van der Waals surface area contributed by atoms with Crippen LogP contribution in [0.2, 0.25) is 0 Å². The molecule has 0 N–H and O–H groups in total. The number of β-lactam (4-membered cyclic amide) rings is 1. The Hall–Kier alpha value is -1.11. The molecule has 1 fully saturated rings. The van der Waals surface area contributed by atoms with Gasteiger partial charge in [0.2, 0.25) is 5.91 Å². The summed E-state index contributed by atoms with van der Waals surface area (Å²) >= 11 is 2.01. The van der Waals surface area contributed by atoms with E-state index in [9.17, 15) is 9.59 Å². The second kappa shape index (κ2) is 4.82. The van der Waals surface area contributed by atoms with Crippen molar-refractivity contribution in [2.24, 2.45) is 0 Å². The molecule has 1 aliphatic rings. The highest BCUT2D eigenvalue weighted by molar-refractivity contribution is 14.1. The van der Waals surface area contributed by atoms with Crippen molar-refractivity contribution in [3.63, 3.8) is 0 Å². The van der Waals surface area contributed by atoms with E-state index in [2.05, 4.69) is 0 Å². The maximum absolute atomic E-state index is 11.4. The number of ether oxygens (including phenoxy) is 1. The molecule has 84 valence electrons. The van der Waals surface area contributed by atoms with Crippen LogP contribution in [0.25, 0.3) is 0 Å². The zero-order valence-corrected chi connectivity index (χ0v) is 10.6. The second-order valence-electron chi connectivity index (χ2n) is 3.46. The Balaban J connectivity index is 1.83. The van der Waals surface area contributed by atoms with Crippen LogP contribution in [0.15, 0.2) is 30.3 Å². The molecule has 1 aliphatic heterocycles. The number of hydrogen-bond donors (Lipinski definition) is 0. The smallest absolute Gasteiger partial charge is 0.416 e. The maximum Gasteiger partial charge on any atom is 0.416 e. The second-order valence-corrected chi connectivity index (χ2v) is 4.96. The van der Waals surface area contributed by atoms with Gasteiger partial charge in [0.1, 0.15) is 10.5 Å². The third kappa shape index (κ3) is 2.34. The summed E-state index contributed by atoms with van der Waals surface area (Å²) in [6.07, 6.45) is -0.554. The molecule has 1 aromatic rings. The molecule has 1 saturated heterocycles. The van der Waals surface area contributed by atoms with Crippen LogP contribution in [0.3, 0.4) is 0 Å². The number of nitrogens with zero attached hydrogens (tertiary/aromatic N) is 1. The van der Waals surface area contributed by atoms with Crippen LogP contribution < -0.4 is 0 Å². The summed E-state index contributed by atoms with van der Waals surface area (Å²) < 4.78 is 4.93. The fourth-order valence-corrected chi connectivity index (χ4v) is 2.08. The van der Waals surface area contributed by atoms with Crippen molar-refractivity contribution in [3.05, 3.63) is 35.9 Å². The van der Waals surface area contributed by atoms with Crippen LogP contribution >= 0.6 is 22.6 Å². The van der Waals surface area contributed by atoms with Gasteiger partial charge < -0.3 is 4.74 Å². The zero-order valence-electron chi connectivity index (χ0n) is 8.43. The summed E-state index contributed by atoms with van der Waals surface area (Å²) in [4.78, 5) is 23.8. The van der Waals surface area contributed by atoms with E-state index in [1.807, 2.05) is 52.9 Å². The van der Waals surface area contributed by atoms with Crippen molar-refractivity contribution in [1.29, 1.82) is 0 Å². The van der Waals surface area contributed by atoms with Crippen molar-refractivity contribution in [1.82, 2.24) is 4.90 Å². The first-order chi connectivity index (χ1) is 7.68. The van der Waals surface area contributed by atoms with E-state index in [-0.39, 0.29) is 16.4 Å². The quantitative estimate of drug-likeness (QED) is 0.473. The third-order valence-electron chi connectivity index (χ3n) is 2.30. The summed E-state index contributed by atoms with van der Waals surface area (Å²) in [6, 6.07) is 9.38. The lowest BCUT2D eigenvalue weighted by atomic mass is 10.2. The molecular formula is C11H10INO3. The highest BCUT2D eigenvalue weighted by Crippen LogP contribution is 2.19. The number of carbonyl (C=O) groups excluding carboxylic acids is 2. The molecule has 1 unspecified atom stereocenters. The Labute approximate surface area is 107 Å². The summed E-state index contributed by atoms with van der Waals surface area (Å²) in [5.74, 6) is -0.168. The molecule has 2 rings (SSSR count). The van der Waals surface area contributed by atoms with Gasteiger partial charge in [0.25, 0.3) is 0 Å². The van der Waals surface area contributed by atoms with Gasteiger partial charge in [-0.05, 0) is 5.56 Å². The molecule has 0 radical (unpaired) electrons. The van der Waals surface area contributed by atoms with Crippen LogP contribution in [0, 0.1) is 0 Å². The van der Waals surface area contributed by atoms with Crippen LogP contribution in [-0.4, -0.2) is 27.4 Å². The lowest BCUT2D eigenvalue weighted by Gasteiger charge is -2.32. The summed E-state index contributed by atoms with van der Waals surface area (Å²) in [5, 5.41) is 0. The van der Waals surface area contributed by atoms with Gasteiger partial charge in [0.05, 0.1) is 6.54 Å². The molecule has 16 heavy (non-hydrogen) atoms. The normalized spacial score (nSPS) is 19.2. The van der Waals surface area contributed by atoms with Crippen molar-refractivity contribution in [2.75, 3.05) is 6.54 Å². The average Bonchev–Trinajstić information content (AvgIpc) is 2.33. The van der Waals surface area contributed by atoms with Gasteiger partial charge >= 0.3 is 6.09 Å². The van der Waals surface area contributed by atoms with E-state index in [1.165, 1.54) is 0 Å². The van der Waals surface area contributed by atoms with E-state index in [0.29, 0.717) is 6.54 Å². The van der Waals surface area contributed by atoms with E-state index >= 15 is 0 Å². The molecule has 0 spiro atoms. The average molecular weight is 331 g/mol. The molecule has 2 amide bonds. The van der Waals surface area contributed by atoms with E-state index in [0.717, 1.165) is 10.5 Å². The first-order valence-electron chi connectivity index (χ1n) is 4.84. The van der Waals surface area contributed by atoms with Gasteiger partial charge in [-0.3, -0.25) is 4.79 Å². The predicted octanol–water partition coefficient (Wildman–Crippen LogP) is 1.97. The molecule has 0 bridgehead atoms. The van der Waals surface area contributed by atoms with Crippen LogP contribution in [0.4, 0.5) is 4.79 Å². The Morgan fingerprint density at radius 3 is 2.69 bits per heavy atom. The highest BCUT2D eigenvalue weighted by atomic mass is 127. The number of halogens is 1. The van der Waals surface area contributed by atoms with Gasteiger partial charge in [-0.2, -0.15) is 0 Å². The highest BCUT2D eigenvalue weighted by Gasteiger charge is 2.39. The molecule has 1 heterocycles. The first kappa shape index (κ1) is 11.4. The predicted molar refractivity (Wildman–Crippen MR) is 66.1 cm³/mol. The summed E-state index contributed by atoms with van der Waals surface area (Å²) in [5.41, 5.74) is 0.912. The molecule has 4 nitrogen and oxygen atoms in total. The Bertz CT molecular complexity index is 407. The number of benzene rings is 1. The Morgan fingerprint density at radius 2 is 2.12 bits per heavy atom. The maximum atomic E-state index is 11.4. The monoisotopic (exact) mass is 331 g/mol. The van der Waals surface area contributed by atoms with E-state index in [1.54, 1.807) is 0 Å². The molecule has 1 atom stereocenters. The minimum absolute atomic E-state index is 0.0816. The number of alkyl halides is 1. The van der Waals surface area contributed by atoms with Crippen LogP contribution in [0.5, 0.6) is 0 Å². The Morgan fingerprint density at radius 1 is 1.44 bits per heavy atom. The summed E-state index contributed by atoms with van der Waals surface area (Å²) in [6.45, 7) is 0.655. The molecule has 5 heteroatoms. The lowest BCUT2D eigenvalue weighted by molar-refractivity contribution is -0.135. The third-order valence-corrected chi connectivity index (χ3v) is 3.23. The van der Waals surface area contributed by atoms with Gasteiger partial charge in [0, 0.05) is 0 Å². The van der Waals surface area contributed by atoms with Gasteiger partial charge in [-0.25, -0.2) is 9.69 Å². The lowest BCUT2D eigenvalue weighted by Crippen LogP contribution is -2.56. The minimum atomic E-state index is -0.554. The van der Waals surface area contributed by atoms with Crippen LogP contribution in [0.1, 0.15) is 5.56 Å². The number of carbonyl (C=O) groups is 2. The number of rotatable bonds is 2. The molecule has 0 aliphatic carbocycles. The zero-order chi connectivity index (χ0) is 11.5. The standard InChI is InChI=1S/C11H10INO3/c12-9-6-13(10(9)14)11(15)16-7-8-4-2-1-3-5-8/h1-5,9H,6-7H2. The fourth-order valence-electron chi connectivity index (χ4n) is 1.35. The minimum Gasteiger partial charge on any atom is -0.444 e. The Kier molecular flexibility index (Phi) is 3.42. The fraction of sp³-hybridized carbons (Fsp3) is 0.273. The number of likely N-dealkylation sites (tertiary alicyclic amines) is 1. The number of amides is 2. The van der Waals surface area contributed by atoms with Crippen molar-refractivity contribution < 1.29 is 14.3 Å². The van der Waals surface area contributed by atoms with E-state index in [4.69, 9.17) is 4.74 Å². The van der Waals surface area contributed by atoms with E-state index < -0.39 is 6.09 Å². The first-order valence-corrected chi connectivity index (χ1v) is 6.09. The molecule has 0 saturated carbocycles. The van der Waals surface area contributed by atoms with Gasteiger partial charge in [-0.1, -0.05) is 52.9 Å². The number of imide groups is 1.